The first kappa shape index (κ1) is 14.2. The van der Waals surface area contributed by atoms with Crippen molar-refractivity contribution in [1.29, 1.82) is 0 Å². The van der Waals surface area contributed by atoms with E-state index in [1.807, 2.05) is 6.08 Å². The zero-order valence-electron chi connectivity index (χ0n) is 10.8. The fourth-order valence-electron chi connectivity index (χ4n) is 1.89. The quantitative estimate of drug-likeness (QED) is 0.569. The van der Waals surface area contributed by atoms with Crippen LogP contribution in [-0.2, 0) is 9.47 Å². The summed E-state index contributed by atoms with van der Waals surface area (Å²) in [7, 11) is 1.66. The van der Waals surface area contributed by atoms with E-state index in [0.717, 1.165) is 24.8 Å². The zero-order chi connectivity index (χ0) is 12.5. The first-order chi connectivity index (χ1) is 8.29. The van der Waals surface area contributed by atoms with Gasteiger partial charge in [-0.25, -0.2) is 0 Å². The molecule has 0 aliphatic heterocycles. The predicted molar refractivity (Wildman–Crippen MR) is 67.9 cm³/mol. The van der Waals surface area contributed by atoms with Gasteiger partial charge in [0.1, 0.15) is 0 Å². The molecule has 1 aliphatic carbocycles. The van der Waals surface area contributed by atoms with Gasteiger partial charge in [0.25, 0.3) is 0 Å². The highest BCUT2D eigenvalue weighted by Crippen LogP contribution is 2.27. The molecule has 0 spiro atoms. The number of methoxy groups -OCH3 is 1. The molecule has 0 aromatic rings. The van der Waals surface area contributed by atoms with Crippen LogP contribution in [0.25, 0.3) is 0 Å². The fourth-order valence-corrected chi connectivity index (χ4v) is 1.89. The van der Waals surface area contributed by atoms with E-state index in [1.165, 1.54) is 11.1 Å². The maximum Gasteiger partial charge on any atom is 0.0722 e. The molecule has 0 radical (unpaired) electrons. The molecular formula is C14H22O3. The number of rotatable bonds is 6. The van der Waals surface area contributed by atoms with Gasteiger partial charge in [-0.3, -0.25) is 0 Å². The molecule has 3 nitrogen and oxygen atoms in total. The van der Waals surface area contributed by atoms with Crippen LogP contribution in [0, 0.1) is 0 Å². The van der Waals surface area contributed by atoms with Crippen molar-refractivity contribution in [3.63, 3.8) is 0 Å². The van der Waals surface area contributed by atoms with Crippen molar-refractivity contribution in [3.8, 4) is 0 Å². The first-order valence-electron chi connectivity index (χ1n) is 6.10. The summed E-state index contributed by atoms with van der Waals surface area (Å²) in [6.07, 6.45) is 5.07. The average Bonchev–Trinajstić information content (AvgIpc) is 2.35. The Kier molecular flexibility index (Phi) is 6.90. The van der Waals surface area contributed by atoms with Crippen molar-refractivity contribution < 1.29 is 14.6 Å². The largest absolute Gasteiger partial charge is 0.392 e. The summed E-state index contributed by atoms with van der Waals surface area (Å²) in [4.78, 5) is 0. The minimum Gasteiger partial charge on any atom is -0.392 e. The van der Waals surface area contributed by atoms with Gasteiger partial charge in [-0.05, 0) is 49.0 Å². The molecule has 0 heterocycles. The minimum absolute atomic E-state index is 0.168. The van der Waals surface area contributed by atoms with Gasteiger partial charge in [-0.2, -0.15) is 0 Å². The molecule has 96 valence electrons. The lowest BCUT2D eigenvalue weighted by Crippen LogP contribution is -2.04. The summed E-state index contributed by atoms with van der Waals surface area (Å²) in [6, 6.07) is 0. The number of hydrogen-bond donors (Lipinski definition) is 1. The summed E-state index contributed by atoms with van der Waals surface area (Å²) in [5, 5.41) is 9.20. The molecule has 0 unspecified atom stereocenters. The Morgan fingerprint density at radius 2 is 2.18 bits per heavy atom. The SMILES string of the molecule is COCCOCC=C=C1CCCC(CO)=C1C. The molecule has 0 atom stereocenters. The average molecular weight is 238 g/mol. The summed E-state index contributed by atoms with van der Waals surface area (Å²) >= 11 is 0. The molecule has 0 aromatic heterocycles. The van der Waals surface area contributed by atoms with Crippen LogP contribution in [0.4, 0.5) is 0 Å². The van der Waals surface area contributed by atoms with Gasteiger partial charge in [0.2, 0.25) is 0 Å². The normalized spacial score (nSPS) is 16.1. The predicted octanol–water partition coefficient (Wildman–Crippen LogP) is 2.22. The van der Waals surface area contributed by atoms with E-state index < -0.39 is 0 Å². The molecule has 1 rings (SSSR count). The van der Waals surface area contributed by atoms with Crippen LogP contribution < -0.4 is 0 Å². The highest BCUT2D eigenvalue weighted by atomic mass is 16.5. The molecule has 17 heavy (non-hydrogen) atoms. The molecule has 0 amide bonds. The number of allylic oxidation sites excluding steroid dienone is 1. The zero-order valence-corrected chi connectivity index (χ0v) is 10.8. The molecule has 0 aromatic carbocycles. The van der Waals surface area contributed by atoms with Gasteiger partial charge in [0, 0.05) is 7.11 Å². The van der Waals surface area contributed by atoms with Crippen LogP contribution in [0.2, 0.25) is 0 Å². The lowest BCUT2D eigenvalue weighted by molar-refractivity contribution is 0.0854. The topological polar surface area (TPSA) is 38.7 Å². The first-order valence-corrected chi connectivity index (χ1v) is 6.10. The smallest absolute Gasteiger partial charge is 0.0722 e. The van der Waals surface area contributed by atoms with Gasteiger partial charge in [-0.15, -0.1) is 5.73 Å². The molecule has 0 saturated heterocycles. The van der Waals surface area contributed by atoms with Gasteiger partial charge in [0.15, 0.2) is 0 Å². The standard InChI is InChI=1S/C14H22O3/c1-12-13(5-3-6-14(12)11-15)7-4-8-17-10-9-16-2/h4,15H,3,5-6,8-11H2,1-2H3. The van der Waals surface area contributed by atoms with Crippen molar-refractivity contribution in [2.75, 3.05) is 33.5 Å². The highest BCUT2D eigenvalue weighted by Gasteiger charge is 2.12. The third kappa shape index (κ3) is 4.88. The van der Waals surface area contributed by atoms with Gasteiger partial charge in [-0.1, -0.05) is 0 Å². The Balaban J connectivity index is 2.50. The Morgan fingerprint density at radius 1 is 1.35 bits per heavy atom. The molecule has 3 heteroatoms. The van der Waals surface area contributed by atoms with E-state index in [0.29, 0.717) is 19.8 Å². The second-order valence-corrected chi connectivity index (χ2v) is 4.13. The van der Waals surface area contributed by atoms with Crippen molar-refractivity contribution in [1.82, 2.24) is 0 Å². The van der Waals surface area contributed by atoms with E-state index in [2.05, 4.69) is 12.7 Å². The third-order valence-electron chi connectivity index (χ3n) is 2.99. The summed E-state index contributed by atoms with van der Waals surface area (Å²) in [5.41, 5.74) is 6.82. The van der Waals surface area contributed by atoms with E-state index in [1.54, 1.807) is 7.11 Å². The monoisotopic (exact) mass is 238 g/mol. The van der Waals surface area contributed by atoms with Gasteiger partial charge >= 0.3 is 0 Å². The van der Waals surface area contributed by atoms with Crippen LogP contribution in [0.1, 0.15) is 26.2 Å². The van der Waals surface area contributed by atoms with E-state index >= 15 is 0 Å². The second kappa shape index (κ2) is 8.26. The number of ether oxygens (including phenoxy) is 2. The van der Waals surface area contributed by atoms with E-state index in [9.17, 15) is 5.11 Å². The van der Waals surface area contributed by atoms with Crippen LogP contribution >= 0.6 is 0 Å². The lowest BCUT2D eigenvalue weighted by atomic mass is 9.89. The minimum atomic E-state index is 0.168. The van der Waals surface area contributed by atoms with Crippen LogP contribution in [0.15, 0.2) is 28.5 Å². The van der Waals surface area contributed by atoms with Gasteiger partial charge in [0.05, 0.1) is 26.4 Å². The maximum atomic E-state index is 9.20. The van der Waals surface area contributed by atoms with Crippen molar-refractivity contribution in [2.24, 2.45) is 0 Å². The summed E-state index contributed by atoms with van der Waals surface area (Å²) in [6.45, 7) is 4.03. The second-order valence-electron chi connectivity index (χ2n) is 4.13. The number of aliphatic hydroxyl groups excluding tert-OH is 1. The molecular weight excluding hydrogens is 216 g/mol. The fraction of sp³-hybridized carbons (Fsp3) is 0.643. The molecule has 0 fully saturated rings. The van der Waals surface area contributed by atoms with Gasteiger partial charge < -0.3 is 14.6 Å². The van der Waals surface area contributed by atoms with Crippen molar-refractivity contribution in [2.45, 2.75) is 26.2 Å². The van der Waals surface area contributed by atoms with Crippen LogP contribution in [0.5, 0.6) is 0 Å². The summed E-state index contributed by atoms with van der Waals surface area (Å²) in [5.74, 6) is 0. The highest BCUT2D eigenvalue weighted by molar-refractivity contribution is 5.36. The Labute approximate surface area is 103 Å². The van der Waals surface area contributed by atoms with Crippen molar-refractivity contribution >= 4 is 0 Å². The van der Waals surface area contributed by atoms with Crippen LogP contribution in [-0.4, -0.2) is 38.6 Å². The van der Waals surface area contributed by atoms with E-state index in [-0.39, 0.29) is 6.61 Å². The lowest BCUT2D eigenvalue weighted by Gasteiger charge is -2.17. The Morgan fingerprint density at radius 3 is 2.88 bits per heavy atom. The third-order valence-corrected chi connectivity index (χ3v) is 2.99. The van der Waals surface area contributed by atoms with E-state index in [4.69, 9.17) is 9.47 Å². The molecule has 0 saturated carbocycles. The number of aliphatic hydroxyl groups is 1. The molecule has 1 N–H and O–H groups in total. The summed E-state index contributed by atoms with van der Waals surface area (Å²) < 4.78 is 10.2. The molecule has 0 bridgehead atoms. The van der Waals surface area contributed by atoms with Crippen LogP contribution in [0.3, 0.4) is 0 Å². The Bertz CT molecular complexity index is 322. The molecule has 1 aliphatic rings. The Hall–Kier alpha value is -0.860. The maximum absolute atomic E-state index is 9.20. The number of hydrogen-bond acceptors (Lipinski definition) is 3. The van der Waals surface area contributed by atoms with Crippen molar-refractivity contribution in [3.05, 3.63) is 28.5 Å².